The van der Waals surface area contributed by atoms with E-state index in [1.54, 1.807) is 30.6 Å². The zero-order valence-corrected chi connectivity index (χ0v) is 11.5. The first kappa shape index (κ1) is 12.4. The van der Waals surface area contributed by atoms with Gasteiger partial charge in [-0.2, -0.15) is 0 Å². The third-order valence-electron chi connectivity index (χ3n) is 2.74. The lowest BCUT2D eigenvalue weighted by molar-refractivity contribution is 0.594. The van der Waals surface area contributed by atoms with Crippen LogP contribution in [-0.4, -0.2) is 30.9 Å². The number of pyridine rings is 1. The summed E-state index contributed by atoms with van der Waals surface area (Å²) >= 11 is 1.42. The van der Waals surface area contributed by atoms with Gasteiger partial charge in [0.15, 0.2) is 5.17 Å². The van der Waals surface area contributed by atoms with E-state index in [0.717, 1.165) is 11.1 Å². The Hall–Kier alpha value is -1.60. The smallest absolute Gasteiger partial charge is 0.264 e. The topological polar surface area (TPSA) is 71.4 Å². The molecule has 0 saturated heterocycles. The summed E-state index contributed by atoms with van der Waals surface area (Å²) in [6.07, 6.45) is 3.24. The Morgan fingerprint density at radius 1 is 1.26 bits per heavy atom. The fourth-order valence-corrected chi connectivity index (χ4v) is 4.15. The number of thioether (sulfide) groups is 1. The molecule has 0 aliphatic carbocycles. The van der Waals surface area contributed by atoms with Gasteiger partial charge in [0.2, 0.25) is 0 Å². The lowest BCUT2D eigenvalue weighted by Gasteiger charge is -2.09. The van der Waals surface area contributed by atoms with Gasteiger partial charge in [-0.3, -0.25) is 14.7 Å². The van der Waals surface area contributed by atoms with Gasteiger partial charge in [-0.25, -0.2) is 8.42 Å². The van der Waals surface area contributed by atoms with Crippen molar-refractivity contribution >= 4 is 37.7 Å². The second-order valence-electron chi connectivity index (χ2n) is 3.99. The molecule has 1 aliphatic heterocycles. The van der Waals surface area contributed by atoms with Crippen LogP contribution in [0.25, 0.3) is 10.8 Å². The van der Waals surface area contributed by atoms with E-state index in [0.29, 0.717) is 17.1 Å². The summed E-state index contributed by atoms with van der Waals surface area (Å²) in [4.78, 5) is 8.35. The number of amidine groups is 1. The van der Waals surface area contributed by atoms with Crippen molar-refractivity contribution in [3.63, 3.8) is 0 Å². The van der Waals surface area contributed by atoms with Crippen LogP contribution in [0.2, 0.25) is 0 Å². The van der Waals surface area contributed by atoms with Crippen LogP contribution in [0.3, 0.4) is 0 Å². The number of rotatable bonds is 2. The molecule has 3 rings (SSSR count). The van der Waals surface area contributed by atoms with Crippen LogP contribution < -0.4 is 4.72 Å². The van der Waals surface area contributed by atoms with Crippen LogP contribution in [0.15, 0.2) is 46.5 Å². The number of nitrogens with zero attached hydrogens (tertiary/aromatic N) is 2. The lowest BCUT2D eigenvalue weighted by Crippen LogP contribution is -2.27. The number of sulfonamides is 1. The van der Waals surface area contributed by atoms with Crippen molar-refractivity contribution in [1.29, 1.82) is 0 Å². The molecule has 1 aliphatic rings. The number of hydrogen-bond donors (Lipinski definition) is 1. The van der Waals surface area contributed by atoms with Crippen molar-refractivity contribution in [2.75, 3.05) is 12.3 Å². The van der Waals surface area contributed by atoms with E-state index in [1.165, 1.54) is 11.8 Å². The highest BCUT2D eigenvalue weighted by molar-refractivity contribution is 8.15. The first-order chi connectivity index (χ1) is 9.17. The molecule has 1 aromatic heterocycles. The molecular weight excluding hydrogens is 282 g/mol. The highest BCUT2D eigenvalue weighted by atomic mass is 32.2. The maximum atomic E-state index is 12.4. The van der Waals surface area contributed by atoms with Gasteiger partial charge in [-0.05, 0) is 12.1 Å². The van der Waals surface area contributed by atoms with Gasteiger partial charge in [-0.15, -0.1) is 0 Å². The molecule has 0 amide bonds. The van der Waals surface area contributed by atoms with E-state index in [4.69, 9.17) is 0 Å². The SMILES string of the molecule is O=S(=O)(NC1=NCCS1)c1cccc2cnccc12. The largest absolute Gasteiger partial charge is 0.264 e. The molecule has 19 heavy (non-hydrogen) atoms. The Balaban J connectivity index is 2.08. The fraction of sp³-hybridized carbons (Fsp3) is 0.167. The van der Waals surface area contributed by atoms with Crippen LogP contribution >= 0.6 is 11.8 Å². The van der Waals surface area contributed by atoms with E-state index in [2.05, 4.69) is 14.7 Å². The summed E-state index contributed by atoms with van der Waals surface area (Å²) in [5.41, 5.74) is 0. The molecule has 5 nitrogen and oxygen atoms in total. The Bertz CT molecular complexity index is 751. The molecule has 0 fully saturated rings. The molecule has 0 unspecified atom stereocenters. The van der Waals surface area contributed by atoms with E-state index < -0.39 is 10.0 Å². The monoisotopic (exact) mass is 293 g/mol. The third-order valence-corrected chi connectivity index (χ3v) is 5.16. The normalized spacial score (nSPS) is 15.5. The van der Waals surface area contributed by atoms with E-state index in [1.807, 2.05) is 6.07 Å². The zero-order valence-electron chi connectivity index (χ0n) is 9.91. The average molecular weight is 293 g/mol. The quantitative estimate of drug-likeness (QED) is 0.913. The number of nitrogens with one attached hydrogen (secondary N) is 1. The molecule has 1 aromatic carbocycles. The summed E-state index contributed by atoms with van der Waals surface area (Å²) in [5, 5.41) is 1.92. The molecule has 1 N–H and O–H groups in total. The van der Waals surface area contributed by atoms with Crippen molar-refractivity contribution in [3.8, 4) is 0 Å². The van der Waals surface area contributed by atoms with Gasteiger partial charge in [0.1, 0.15) is 0 Å². The van der Waals surface area contributed by atoms with Crippen molar-refractivity contribution in [2.45, 2.75) is 4.90 Å². The number of aromatic nitrogens is 1. The molecule has 0 saturated carbocycles. The molecule has 0 bridgehead atoms. The van der Waals surface area contributed by atoms with E-state index in [-0.39, 0.29) is 4.90 Å². The van der Waals surface area contributed by atoms with Gasteiger partial charge in [0.05, 0.1) is 11.4 Å². The van der Waals surface area contributed by atoms with Gasteiger partial charge >= 0.3 is 0 Å². The first-order valence-corrected chi connectivity index (χ1v) is 8.16. The molecule has 2 aromatic rings. The van der Waals surface area contributed by atoms with E-state index >= 15 is 0 Å². The van der Waals surface area contributed by atoms with Crippen molar-refractivity contribution < 1.29 is 8.42 Å². The van der Waals surface area contributed by atoms with Crippen LogP contribution in [0.4, 0.5) is 0 Å². The van der Waals surface area contributed by atoms with Gasteiger partial charge in [0.25, 0.3) is 10.0 Å². The van der Waals surface area contributed by atoms with Gasteiger partial charge in [0, 0.05) is 28.9 Å². The van der Waals surface area contributed by atoms with Crippen LogP contribution in [-0.2, 0) is 10.0 Å². The Morgan fingerprint density at radius 2 is 2.16 bits per heavy atom. The third kappa shape index (κ3) is 2.43. The molecular formula is C12H11N3O2S2. The standard InChI is InChI=1S/C12H11N3O2S2/c16-19(17,15-12-14-6-7-18-12)11-3-1-2-9-8-13-5-4-10(9)11/h1-5,8H,6-7H2,(H,14,15). The lowest BCUT2D eigenvalue weighted by atomic mass is 10.2. The molecule has 7 heteroatoms. The van der Waals surface area contributed by atoms with Crippen LogP contribution in [0.1, 0.15) is 0 Å². The van der Waals surface area contributed by atoms with Gasteiger partial charge < -0.3 is 0 Å². The predicted molar refractivity (Wildman–Crippen MR) is 76.8 cm³/mol. The number of benzene rings is 1. The maximum absolute atomic E-state index is 12.4. The first-order valence-electron chi connectivity index (χ1n) is 5.70. The van der Waals surface area contributed by atoms with Crippen molar-refractivity contribution in [3.05, 3.63) is 36.7 Å². The number of hydrogen-bond acceptors (Lipinski definition) is 5. The number of fused-ring (bicyclic) bond motifs is 1. The minimum Gasteiger partial charge on any atom is -0.264 e. The molecule has 0 spiro atoms. The summed E-state index contributed by atoms with van der Waals surface area (Å²) in [6.45, 7) is 0.655. The molecule has 98 valence electrons. The van der Waals surface area contributed by atoms with Crippen LogP contribution in [0.5, 0.6) is 0 Å². The zero-order chi connectivity index (χ0) is 13.3. The van der Waals surface area contributed by atoms with Gasteiger partial charge in [-0.1, -0.05) is 23.9 Å². The second-order valence-corrected chi connectivity index (χ2v) is 6.73. The Kier molecular flexibility index (Phi) is 3.16. The number of aliphatic imine (C=N–C) groups is 1. The summed E-state index contributed by atoms with van der Waals surface area (Å²) in [6, 6.07) is 6.84. The average Bonchev–Trinajstić information content (AvgIpc) is 2.90. The minimum atomic E-state index is -3.60. The highest BCUT2D eigenvalue weighted by Crippen LogP contribution is 2.22. The Morgan fingerprint density at radius 3 is 2.95 bits per heavy atom. The molecule has 0 radical (unpaired) electrons. The Labute approximate surface area is 115 Å². The van der Waals surface area contributed by atoms with Crippen molar-refractivity contribution in [2.24, 2.45) is 4.99 Å². The summed E-state index contributed by atoms with van der Waals surface area (Å²) in [7, 11) is -3.60. The molecule has 2 heterocycles. The maximum Gasteiger partial charge on any atom is 0.264 e. The van der Waals surface area contributed by atoms with Crippen LogP contribution in [0, 0.1) is 0 Å². The minimum absolute atomic E-state index is 0.252. The second kappa shape index (κ2) is 4.82. The fourth-order valence-electron chi connectivity index (χ4n) is 1.89. The van der Waals surface area contributed by atoms with Crippen molar-refractivity contribution in [1.82, 2.24) is 9.71 Å². The predicted octanol–water partition coefficient (Wildman–Crippen LogP) is 1.62. The summed E-state index contributed by atoms with van der Waals surface area (Å²) in [5.74, 6) is 0.817. The molecule has 0 atom stereocenters. The summed E-state index contributed by atoms with van der Waals surface area (Å²) < 4.78 is 27.3. The van der Waals surface area contributed by atoms with E-state index in [9.17, 15) is 8.42 Å². The highest BCUT2D eigenvalue weighted by Gasteiger charge is 2.20.